The van der Waals surface area contributed by atoms with Gasteiger partial charge in [0.1, 0.15) is 0 Å². The first kappa shape index (κ1) is 13.1. The van der Waals surface area contributed by atoms with Crippen molar-refractivity contribution >= 4 is 0 Å². The Morgan fingerprint density at radius 1 is 1.10 bits per heavy atom. The molecule has 0 aliphatic heterocycles. The van der Waals surface area contributed by atoms with Gasteiger partial charge in [-0.15, -0.1) is 0 Å². The van der Waals surface area contributed by atoms with Crippen molar-refractivity contribution in [2.75, 3.05) is 0 Å². The van der Waals surface area contributed by atoms with Crippen LogP contribution in [0.3, 0.4) is 0 Å². The number of hydrogen-bond donors (Lipinski definition) is 1. The highest BCUT2D eigenvalue weighted by Crippen LogP contribution is 2.63. The van der Waals surface area contributed by atoms with Gasteiger partial charge in [-0.2, -0.15) is 0 Å². The summed E-state index contributed by atoms with van der Waals surface area (Å²) in [7, 11) is 0. The maximum absolute atomic E-state index is 9.96. The summed E-state index contributed by atoms with van der Waals surface area (Å²) in [5, 5.41) is 9.96. The molecule has 4 rings (SSSR count). The summed E-state index contributed by atoms with van der Waals surface area (Å²) in [6.45, 7) is 5.00. The van der Waals surface area contributed by atoms with Crippen LogP contribution < -0.4 is 0 Å². The lowest BCUT2D eigenvalue weighted by Gasteiger charge is -2.57. The summed E-state index contributed by atoms with van der Waals surface area (Å²) in [5.74, 6) is 2.68. The molecule has 0 heterocycles. The van der Waals surface area contributed by atoms with Crippen molar-refractivity contribution in [3.63, 3.8) is 0 Å². The number of rotatable bonds is 0. The minimum atomic E-state index is -0.170. The van der Waals surface area contributed by atoms with Crippen molar-refractivity contribution in [3.05, 3.63) is 23.8 Å². The zero-order valence-corrected chi connectivity index (χ0v) is 12.9. The van der Waals surface area contributed by atoms with Crippen LogP contribution in [0.25, 0.3) is 0 Å². The van der Waals surface area contributed by atoms with E-state index in [0.29, 0.717) is 10.8 Å². The Bertz CT molecular complexity index is 476. The third-order valence-electron chi connectivity index (χ3n) is 7.42. The van der Waals surface area contributed by atoms with E-state index in [4.69, 9.17) is 0 Å². The Hall–Kier alpha value is -0.560. The lowest BCUT2D eigenvalue weighted by molar-refractivity contribution is -0.0309. The number of hydrogen-bond acceptors (Lipinski definition) is 1. The molecule has 0 amide bonds. The van der Waals surface area contributed by atoms with E-state index < -0.39 is 0 Å². The molecule has 1 unspecified atom stereocenters. The zero-order chi connectivity index (χ0) is 14.0. The second-order valence-electron chi connectivity index (χ2n) is 8.31. The van der Waals surface area contributed by atoms with Crippen molar-refractivity contribution in [2.24, 2.45) is 28.6 Å². The molecule has 1 nitrogen and oxygen atoms in total. The van der Waals surface area contributed by atoms with Gasteiger partial charge in [-0.1, -0.05) is 37.6 Å². The highest BCUT2D eigenvalue weighted by molar-refractivity contribution is 5.26. The largest absolute Gasteiger partial charge is 0.389 e. The second-order valence-corrected chi connectivity index (χ2v) is 8.31. The van der Waals surface area contributed by atoms with Crippen LogP contribution in [0, 0.1) is 28.6 Å². The molecule has 0 aromatic carbocycles. The van der Waals surface area contributed by atoms with Crippen molar-refractivity contribution in [1.29, 1.82) is 0 Å². The normalized spacial score (nSPS) is 53.9. The Balaban J connectivity index is 1.68. The lowest BCUT2D eigenvalue weighted by Crippen LogP contribution is -2.49. The van der Waals surface area contributed by atoms with Gasteiger partial charge in [0.05, 0.1) is 6.10 Å². The van der Waals surface area contributed by atoms with Gasteiger partial charge in [-0.05, 0) is 73.5 Å². The molecule has 0 bridgehead atoms. The molecular formula is C19H28O. The van der Waals surface area contributed by atoms with E-state index in [1.807, 2.05) is 0 Å². The van der Waals surface area contributed by atoms with Crippen LogP contribution in [0.2, 0.25) is 0 Å². The van der Waals surface area contributed by atoms with Crippen LogP contribution in [0.15, 0.2) is 23.8 Å². The SMILES string of the molecule is C[C@@]12C=CC[C@H]1[C@@H]1CCC3=CC(O)CC[C@]3(C)[C@H]1CC2. The lowest BCUT2D eigenvalue weighted by atomic mass is 9.47. The fourth-order valence-electron chi connectivity index (χ4n) is 6.19. The average Bonchev–Trinajstić information content (AvgIpc) is 2.81. The summed E-state index contributed by atoms with van der Waals surface area (Å²) in [6.07, 6.45) is 15.9. The molecule has 0 saturated heterocycles. The van der Waals surface area contributed by atoms with Gasteiger partial charge in [-0.25, -0.2) is 0 Å². The van der Waals surface area contributed by atoms with E-state index in [1.165, 1.54) is 38.5 Å². The Morgan fingerprint density at radius 2 is 1.95 bits per heavy atom. The van der Waals surface area contributed by atoms with Crippen LogP contribution in [0.4, 0.5) is 0 Å². The number of allylic oxidation sites excluding steroid dienone is 3. The van der Waals surface area contributed by atoms with Gasteiger partial charge in [0, 0.05) is 0 Å². The number of aliphatic hydroxyl groups is 1. The molecule has 4 aliphatic carbocycles. The Morgan fingerprint density at radius 3 is 2.80 bits per heavy atom. The molecule has 0 aromatic rings. The smallest absolute Gasteiger partial charge is 0.0724 e. The molecule has 110 valence electrons. The van der Waals surface area contributed by atoms with Crippen LogP contribution in [0.5, 0.6) is 0 Å². The van der Waals surface area contributed by atoms with Gasteiger partial charge in [0.15, 0.2) is 0 Å². The van der Waals surface area contributed by atoms with Crippen LogP contribution in [0.1, 0.15) is 58.8 Å². The number of aliphatic hydroxyl groups excluding tert-OH is 1. The molecule has 20 heavy (non-hydrogen) atoms. The van der Waals surface area contributed by atoms with Crippen molar-refractivity contribution in [1.82, 2.24) is 0 Å². The first-order valence-corrected chi connectivity index (χ1v) is 8.60. The first-order valence-electron chi connectivity index (χ1n) is 8.60. The van der Waals surface area contributed by atoms with Gasteiger partial charge >= 0.3 is 0 Å². The van der Waals surface area contributed by atoms with E-state index in [9.17, 15) is 5.11 Å². The monoisotopic (exact) mass is 272 g/mol. The van der Waals surface area contributed by atoms with Gasteiger partial charge in [0.2, 0.25) is 0 Å². The molecule has 1 N–H and O–H groups in total. The minimum Gasteiger partial charge on any atom is -0.389 e. The summed E-state index contributed by atoms with van der Waals surface area (Å²) >= 11 is 0. The molecule has 0 radical (unpaired) electrons. The molecule has 6 atom stereocenters. The van der Waals surface area contributed by atoms with Crippen molar-refractivity contribution in [2.45, 2.75) is 64.9 Å². The Kier molecular flexibility index (Phi) is 2.77. The predicted molar refractivity (Wildman–Crippen MR) is 82.2 cm³/mol. The summed E-state index contributed by atoms with van der Waals surface area (Å²) in [5.41, 5.74) is 2.48. The zero-order valence-electron chi connectivity index (χ0n) is 12.9. The third-order valence-corrected chi connectivity index (χ3v) is 7.42. The molecule has 4 aliphatic rings. The van der Waals surface area contributed by atoms with Crippen LogP contribution in [-0.4, -0.2) is 11.2 Å². The van der Waals surface area contributed by atoms with Crippen molar-refractivity contribution < 1.29 is 5.11 Å². The van der Waals surface area contributed by atoms with E-state index in [0.717, 1.165) is 24.2 Å². The fraction of sp³-hybridized carbons (Fsp3) is 0.789. The second kappa shape index (κ2) is 4.22. The molecule has 1 heteroatoms. The van der Waals surface area contributed by atoms with Crippen LogP contribution in [-0.2, 0) is 0 Å². The van der Waals surface area contributed by atoms with Crippen molar-refractivity contribution in [3.8, 4) is 0 Å². The highest BCUT2D eigenvalue weighted by Gasteiger charge is 2.54. The molecule has 2 saturated carbocycles. The molecule has 2 fully saturated rings. The van der Waals surface area contributed by atoms with E-state index in [1.54, 1.807) is 5.57 Å². The summed E-state index contributed by atoms with van der Waals surface area (Å²) < 4.78 is 0. The predicted octanol–water partition coefficient (Wildman–Crippen LogP) is 4.48. The number of fused-ring (bicyclic) bond motifs is 5. The highest BCUT2D eigenvalue weighted by atomic mass is 16.3. The topological polar surface area (TPSA) is 20.2 Å². The van der Waals surface area contributed by atoms with Crippen LogP contribution >= 0.6 is 0 Å². The van der Waals surface area contributed by atoms with Gasteiger partial charge in [-0.3, -0.25) is 0 Å². The minimum absolute atomic E-state index is 0.170. The maximum atomic E-state index is 9.96. The van der Waals surface area contributed by atoms with E-state index >= 15 is 0 Å². The quantitative estimate of drug-likeness (QED) is 0.645. The summed E-state index contributed by atoms with van der Waals surface area (Å²) in [4.78, 5) is 0. The molecular weight excluding hydrogens is 244 g/mol. The third kappa shape index (κ3) is 1.65. The standard InChI is InChI=1S/C19H28O/c1-18-9-3-4-16(18)15-6-5-13-12-14(20)7-11-19(13,2)17(15)8-10-18/h3,9,12,14-17,20H,4-8,10-11H2,1-2H3/t14?,15-,16-,17-,18-,19-/m0/s1. The van der Waals surface area contributed by atoms with Gasteiger partial charge in [0.25, 0.3) is 0 Å². The first-order chi connectivity index (χ1) is 9.53. The summed E-state index contributed by atoms with van der Waals surface area (Å²) in [6, 6.07) is 0. The van der Waals surface area contributed by atoms with E-state index in [2.05, 4.69) is 32.1 Å². The average molecular weight is 272 g/mol. The molecule has 0 spiro atoms. The fourth-order valence-corrected chi connectivity index (χ4v) is 6.19. The van der Waals surface area contributed by atoms with E-state index in [-0.39, 0.29) is 6.10 Å². The Labute approximate surface area is 123 Å². The van der Waals surface area contributed by atoms with Gasteiger partial charge < -0.3 is 5.11 Å². The maximum Gasteiger partial charge on any atom is 0.0724 e. The molecule has 0 aromatic heterocycles.